The van der Waals surface area contributed by atoms with E-state index in [0.29, 0.717) is 63.9 Å². The van der Waals surface area contributed by atoms with Crippen molar-refractivity contribution in [3.63, 3.8) is 0 Å². The molecule has 14 nitrogen and oxygen atoms in total. The third-order valence-electron chi connectivity index (χ3n) is 9.80. The Bertz CT molecular complexity index is 1890. The lowest BCUT2D eigenvalue weighted by atomic mass is 9.78. The Kier molecular flexibility index (Phi) is 6.24. The molecule has 3 fully saturated rings. The molecule has 5 atom stereocenters. The van der Waals surface area contributed by atoms with E-state index in [4.69, 9.17) is 38.7 Å². The van der Waals surface area contributed by atoms with Crippen LogP contribution in [0.1, 0.15) is 51.6 Å². The first-order valence-corrected chi connectivity index (χ1v) is 14.9. The van der Waals surface area contributed by atoms with Crippen LogP contribution in [0.2, 0.25) is 0 Å². The van der Waals surface area contributed by atoms with Gasteiger partial charge in [-0.25, -0.2) is 4.79 Å². The molecule has 4 heterocycles. The van der Waals surface area contributed by atoms with Crippen molar-refractivity contribution in [1.29, 1.82) is 0 Å². The van der Waals surface area contributed by atoms with E-state index < -0.39 is 35.5 Å². The van der Waals surface area contributed by atoms with E-state index in [-0.39, 0.29) is 36.9 Å². The van der Waals surface area contributed by atoms with Gasteiger partial charge in [-0.05, 0) is 42.5 Å². The number of phenolic OH excluding ortho intramolecular Hbond substituents is 1. The van der Waals surface area contributed by atoms with Gasteiger partial charge in [0.15, 0.2) is 11.9 Å². The number of aryl methyl sites for hydroxylation is 1. The summed E-state index contributed by atoms with van der Waals surface area (Å²) in [4.78, 5) is 28.6. The number of amides is 1. The smallest absolute Gasteiger partial charge is 0.407 e. The zero-order valence-corrected chi connectivity index (χ0v) is 25.2. The van der Waals surface area contributed by atoms with Gasteiger partial charge in [0.25, 0.3) is 5.79 Å². The summed E-state index contributed by atoms with van der Waals surface area (Å²) in [6, 6.07) is 8.53. The van der Waals surface area contributed by atoms with Crippen LogP contribution in [0.5, 0.6) is 17.2 Å². The van der Waals surface area contributed by atoms with Gasteiger partial charge in [-0.15, -0.1) is 0 Å². The molecule has 4 aliphatic heterocycles. The van der Waals surface area contributed by atoms with Gasteiger partial charge in [-0.1, -0.05) is 29.4 Å². The van der Waals surface area contributed by atoms with Crippen LogP contribution in [-0.4, -0.2) is 67.6 Å². The third kappa shape index (κ3) is 3.64. The predicted molar refractivity (Wildman–Crippen MR) is 158 cm³/mol. The maximum atomic E-state index is 13.1. The van der Waals surface area contributed by atoms with Crippen molar-refractivity contribution in [3.05, 3.63) is 68.6 Å². The molecule has 238 valence electrons. The lowest BCUT2D eigenvalue weighted by molar-refractivity contribution is -0.287. The van der Waals surface area contributed by atoms with E-state index in [1.165, 1.54) is 7.11 Å². The van der Waals surface area contributed by atoms with Crippen LogP contribution >= 0.6 is 0 Å². The van der Waals surface area contributed by atoms with E-state index >= 15 is 0 Å². The lowest BCUT2D eigenvalue weighted by Gasteiger charge is -2.48. The Labute approximate surface area is 262 Å². The highest BCUT2D eigenvalue weighted by atomic mass is 16.9. The summed E-state index contributed by atoms with van der Waals surface area (Å²) in [5, 5.41) is 18.9. The highest BCUT2D eigenvalue weighted by Gasteiger charge is 2.91. The maximum absolute atomic E-state index is 13.1. The molecule has 3 aromatic rings. The molecule has 1 aliphatic carbocycles. The molecule has 3 aromatic carbocycles. The number of hydrogen-bond acceptors (Lipinski definition) is 11. The summed E-state index contributed by atoms with van der Waals surface area (Å²) in [7, 11) is 3.04. The van der Waals surface area contributed by atoms with Crippen LogP contribution in [-0.2, 0) is 36.7 Å². The zero-order chi connectivity index (χ0) is 32.0. The molecule has 1 amide bonds. The van der Waals surface area contributed by atoms with Gasteiger partial charge in [0, 0.05) is 40.6 Å². The maximum Gasteiger partial charge on any atom is 0.407 e. The zero-order valence-electron chi connectivity index (χ0n) is 25.2. The number of ether oxygens (including phenoxy) is 7. The van der Waals surface area contributed by atoms with Gasteiger partial charge in [0.05, 0.1) is 31.2 Å². The lowest BCUT2D eigenvalue weighted by Crippen LogP contribution is -2.69. The fraction of sp³-hybridized carbons (Fsp3) is 0.438. The van der Waals surface area contributed by atoms with Crippen LogP contribution in [0.4, 0.5) is 10.5 Å². The first kappa shape index (κ1) is 28.9. The van der Waals surface area contributed by atoms with Gasteiger partial charge in [0.1, 0.15) is 30.0 Å². The summed E-state index contributed by atoms with van der Waals surface area (Å²) in [6.07, 6.45) is -0.602. The number of nitrogens with one attached hydrogen (secondary N) is 1. The van der Waals surface area contributed by atoms with E-state index in [2.05, 4.69) is 15.3 Å². The Morgan fingerprint density at radius 3 is 2.70 bits per heavy atom. The molecule has 1 spiro atoms. The Balaban J connectivity index is 1.13. The van der Waals surface area contributed by atoms with Crippen molar-refractivity contribution in [2.75, 3.05) is 27.4 Å². The van der Waals surface area contributed by atoms with Crippen molar-refractivity contribution >= 4 is 28.3 Å². The van der Waals surface area contributed by atoms with Crippen LogP contribution in [0, 0.1) is 6.92 Å². The van der Waals surface area contributed by atoms with Crippen LogP contribution < -0.4 is 14.8 Å². The SMILES string of the molecule is COc1c2c(c(O)c3c4c(c(C)cc13)C1OC3(CNC(=O)OCc5ccc(N=[N+]=[N-])cc5)OC1[C@@](OC)(O4)[C@@]31CO1)C(=O)CCC2. The van der Waals surface area contributed by atoms with E-state index in [1.807, 2.05) is 13.0 Å². The summed E-state index contributed by atoms with van der Waals surface area (Å²) in [6.45, 7) is 1.91. The number of nitrogens with zero attached hydrogens (tertiary/aromatic N) is 3. The summed E-state index contributed by atoms with van der Waals surface area (Å²) >= 11 is 0. The van der Waals surface area contributed by atoms with Gasteiger partial charge in [-0.3, -0.25) is 4.79 Å². The first-order valence-electron chi connectivity index (χ1n) is 14.9. The summed E-state index contributed by atoms with van der Waals surface area (Å²) in [5.74, 6) is -2.46. The number of rotatable bonds is 7. The van der Waals surface area contributed by atoms with Crippen molar-refractivity contribution in [2.45, 2.75) is 62.2 Å². The minimum atomic E-state index is -1.50. The second-order valence-electron chi connectivity index (χ2n) is 12.1. The predicted octanol–water partition coefficient (Wildman–Crippen LogP) is 4.92. The van der Waals surface area contributed by atoms with Crippen molar-refractivity contribution in [3.8, 4) is 17.2 Å². The normalized spacial score (nSPS) is 29.5. The second-order valence-corrected chi connectivity index (χ2v) is 12.1. The molecule has 46 heavy (non-hydrogen) atoms. The summed E-state index contributed by atoms with van der Waals surface area (Å²) in [5.41, 5.74) is 10.8. The minimum absolute atomic E-state index is 0.0199. The van der Waals surface area contributed by atoms with Crippen LogP contribution in [0.15, 0.2) is 35.4 Å². The number of azide groups is 1. The highest BCUT2D eigenvalue weighted by molar-refractivity contribution is 6.11. The van der Waals surface area contributed by atoms with E-state index in [1.54, 1.807) is 31.4 Å². The number of carbonyl (C=O) groups is 2. The fourth-order valence-corrected chi connectivity index (χ4v) is 7.71. The number of phenols is 1. The number of ketones is 1. The van der Waals surface area contributed by atoms with Gasteiger partial charge >= 0.3 is 6.09 Å². The number of aromatic hydroxyl groups is 1. The third-order valence-corrected chi connectivity index (χ3v) is 9.80. The molecule has 0 aromatic heterocycles. The molecule has 14 heteroatoms. The molecule has 8 rings (SSSR count). The number of carbonyl (C=O) groups excluding carboxylic acids is 2. The number of benzene rings is 3. The molecule has 3 saturated heterocycles. The van der Waals surface area contributed by atoms with Gasteiger partial charge < -0.3 is 43.6 Å². The van der Waals surface area contributed by atoms with Gasteiger partial charge in [-0.2, -0.15) is 0 Å². The molecule has 5 aliphatic rings. The first-order chi connectivity index (χ1) is 22.2. The monoisotopic (exact) mass is 630 g/mol. The number of alkyl carbamates (subject to hydrolysis) is 1. The minimum Gasteiger partial charge on any atom is -0.506 e. The topological polar surface area (TPSA) is 183 Å². The number of fused-ring (bicyclic) bond motifs is 8. The molecule has 3 unspecified atom stereocenters. The Hall–Kier alpha value is -4.59. The van der Waals surface area contributed by atoms with Crippen LogP contribution in [0.3, 0.4) is 0 Å². The quantitative estimate of drug-likeness (QED) is 0.157. The highest BCUT2D eigenvalue weighted by Crippen LogP contribution is 2.70. The Morgan fingerprint density at radius 1 is 1.22 bits per heavy atom. The number of epoxide rings is 1. The van der Waals surface area contributed by atoms with Crippen LogP contribution in [0.25, 0.3) is 21.2 Å². The molecule has 0 radical (unpaired) electrons. The fourth-order valence-electron chi connectivity index (χ4n) is 7.71. The molecule has 2 N–H and O–H groups in total. The molecule has 0 saturated carbocycles. The number of Topliss-reactive ketones (excluding diaryl/α,β-unsaturated/α-hetero) is 1. The molecular formula is C32H30N4O10. The van der Waals surface area contributed by atoms with Gasteiger partial charge in [0.2, 0.25) is 11.4 Å². The average Bonchev–Trinajstić information content (AvgIpc) is 3.72. The number of methoxy groups -OCH3 is 2. The largest absolute Gasteiger partial charge is 0.506 e. The second kappa shape index (κ2) is 9.95. The summed E-state index contributed by atoms with van der Waals surface area (Å²) < 4.78 is 43.3. The van der Waals surface area contributed by atoms with Crippen molar-refractivity contribution in [2.24, 2.45) is 5.11 Å². The van der Waals surface area contributed by atoms with Crippen molar-refractivity contribution in [1.82, 2.24) is 5.32 Å². The van der Waals surface area contributed by atoms with E-state index in [0.717, 1.165) is 5.56 Å². The molecular weight excluding hydrogens is 600 g/mol. The van der Waals surface area contributed by atoms with E-state index in [9.17, 15) is 14.7 Å². The standard InChI is InChI=1S/C32H30N4O10/c1-15-11-19-23(24(38)22-18(25(19)40-2)5-4-6-20(22)37)26-21(15)27-28-32(41-3,45-26)30(14-43-30)31(44-27,46-28)13-34-29(39)42-12-16-7-9-17(10-8-16)35-36-33/h7-11,27-28,38H,4-6,12-14H2,1-3H3,(H,34,39)/t27?,28?,30-,31?,32-/m1/s1. The van der Waals surface area contributed by atoms with Crippen molar-refractivity contribution < 1.29 is 47.9 Å². The molecule has 2 bridgehead atoms. The Morgan fingerprint density at radius 2 is 2.00 bits per heavy atom. The average molecular weight is 631 g/mol. The number of hydrogen-bond donors (Lipinski definition) is 2.